The smallest absolute Gasteiger partial charge is 0.272 e. The van der Waals surface area contributed by atoms with Gasteiger partial charge in [0.15, 0.2) is 0 Å². The molecular weight excluding hydrogens is 380 g/mol. The molecule has 30 heavy (non-hydrogen) atoms. The van der Waals surface area contributed by atoms with Crippen molar-refractivity contribution in [2.45, 2.75) is 39.3 Å². The van der Waals surface area contributed by atoms with Crippen LogP contribution in [-0.4, -0.2) is 51.6 Å². The molecular formula is C23H28N4O3. The number of amides is 1. The first-order valence-electron chi connectivity index (χ1n) is 10.5. The summed E-state index contributed by atoms with van der Waals surface area (Å²) in [4.78, 5) is 30.0. The minimum atomic E-state index is -0.440. The zero-order valence-corrected chi connectivity index (χ0v) is 17.7. The molecule has 7 heteroatoms. The lowest BCUT2D eigenvalue weighted by atomic mass is 9.95. The van der Waals surface area contributed by atoms with Crippen molar-refractivity contribution in [3.05, 3.63) is 64.5 Å². The van der Waals surface area contributed by atoms with Gasteiger partial charge in [-0.1, -0.05) is 32.0 Å². The van der Waals surface area contributed by atoms with Crippen molar-refractivity contribution in [3.8, 4) is 0 Å². The Balaban J connectivity index is 1.56. The van der Waals surface area contributed by atoms with E-state index >= 15 is 0 Å². The van der Waals surface area contributed by atoms with Gasteiger partial charge in [0.1, 0.15) is 5.76 Å². The average molecular weight is 409 g/mol. The monoisotopic (exact) mass is 408 g/mol. The summed E-state index contributed by atoms with van der Waals surface area (Å²) in [5.74, 6) is 0.871. The first-order chi connectivity index (χ1) is 14.5. The van der Waals surface area contributed by atoms with Crippen LogP contribution in [0, 0.1) is 5.92 Å². The Bertz CT molecular complexity index is 1070. The van der Waals surface area contributed by atoms with E-state index in [0.717, 1.165) is 30.8 Å². The van der Waals surface area contributed by atoms with E-state index in [1.54, 1.807) is 12.3 Å². The van der Waals surface area contributed by atoms with Crippen molar-refractivity contribution in [2.24, 2.45) is 5.92 Å². The summed E-state index contributed by atoms with van der Waals surface area (Å²) in [6, 6.07) is 11.3. The van der Waals surface area contributed by atoms with Crippen LogP contribution in [0.15, 0.2) is 51.9 Å². The molecule has 2 atom stereocenters. The number of carbonyl (C=O) groups is 1. The first kappa shape index (κ1) is 20.3. The van der Waals surface area contributed by atoms with Crippen LogP contribution >= 0.6 is 0 Å². The average Bonchev–Trinajstić information content (AvgIpc) is 3.26. The first-order valence-corrected chi connectivity index (χ1v) is 10.5. The molecule has 4 rings (SSSR count). The Kier molecular flexibility index (Phi) is 5.72. The minimum absolute atomic E-state index is 0.0519. The summed E-state index contributed by atoms with van der Waals surface area (Å²) in [5, 5.41) is 8.10. The number of nitrogens with zero attached hydrogens (tertiary/aromatic N) is 3. The van der Waals surface area contributed by atoms with E-state index in [-0.39, 0.29) is 17.5 Å². The fourth-order valence-corrected chi connectivity index (χ4v) is 4.31. The van der Waals surface area contributed by atoms with E-state index in [4.69, 9.17) is 4.42 Å². The predicted molar refractivity (Wildman–Crippen MR) is 115 cm³/mol. The van der Waals surface area contributed by atoms with Crippen molar-refractivity contribution < 1.29 is 9.21 Å². The number of carbonyl (C=O) groups excluding carboxylic acids is 1. The second-order valence-corrected chi connectivity index (χ2v) is 8.36. The van der Waals surface area contributed by atoms with Gasteiger partial charge in [0.2, 0.25) is 5.91 Å². The molecule has 1 amide bonds. The number of rotatable bonds is 5. The van der Waals surface area contributed by atoms with E-state index in [1.165, 1.54) is 0 Å². The van der Waals surface area contributed by atoms with E-state index in [9.17, 15) is 9.59 Å². The zero-order chi connectivity index (χ0) is 21.3. The van der Waals surface area contributed by atoms with Gasteiger partial charge >= 0.3 is 0 Å². The van der Waals surface area contributed by atoms with Crippen molar-refractivity contribution in [1.82, 2.24) is 20.0 Å². The van der Waals surface area contributed by atoms with E-state index in [2.05, 4.69) is 28.9 Å². The topological polar surface area (TPSA) is 82.4 Å². The van der Waals surface area contributed by atoms with E-state index in [1.807, 2.05) is 42.2 Å². The number of nitrogens with one attached hydrogen (secondary N) is 1. The zero-order valence-electron chi connectivity index (χ0n) is 17.7. The highest BCUT2D eigenvalue weighted by atomic mass is 16.3. The third-order valence-electron chi connectivity index (χ3n) is 6.02. The van der Waals surface area contributed by atoms with Gasteiger partial charge in [0.25, 0.3) is 5.56 Å². The Morgan fingerprint density at radius 2 is 1.93 bits per heavy atom. The lowest BCUT2D eigenvalue weighted by Gasteiger charge is -2.44. The number of benzene rings is 1. The quantitative estimate of drug-likeness (QED) is 0.702. The van der Waals surface area contributed by atoms with Crippen LogP contribution in [0.5, 0.6) is 0 Å². The van der Waals surface area contributed by atoms with Gasteiger partial charge in [-0.05, 0) is 31.0 Å². The van der Waals surface area contributed by atoms with Crippen LogP contribution in [0.25, 0.3) is 10.8 Å². The molecule has 1 saturated heterocycles. The maximum absolute atomic E-state index is 13.5. The maximum Gasteiger partial charge on any atom is 0.272 e. The summed E-state index contributed by atoms with van der Waals surface area (Å²) < 4.78 is 5.49. The molecule has 1 aliphatic heterocycles. The second-order valence-electron chi connectivity index (χ2n) is 8.36. The highest BCUT2D eigenvalue weighted by Gasteiger charge is 2.35. The van der Waals surface area contributed by atoms with Crippen LogP contribution in [0.4, 0.5) is 0 Å². The van der Waals surface area contributed by atoms with Gasteiger partial charge in [-0.2, -0.15) is 5.10 Å². The molecule has 2 aromatic heterocycles. The molecule has 3 aromatic rings. The van der Waals surface area contributed by atoms with Crippen molar-refractivity contribution in [1.29, 1.82) is 0 Å². The maximum atomic E-state index is 13.5. The molecule has 1 fully saturated rings. The largest absolute Gasteiger partial charge is 0.468 e. The number of aromatic nitrogens is 2. The third-order valence-corrected chi connectivity index (χ3v) is 6.02. The molecule has 0 aliphatic carbocycles. The molecule has 1 aliphatic rings. The number of H-pyrrole nitrogens is 1. The summed E-state index contributed by atoms with van der Waals surface area (Å²) in [7, 11) is 0. The number of aromatic amines is 1. The number of furan rings is 1. The molecule has 7 nitrogen and oxygen atoms in total. The van der Waals surface area contributed by atoms with Crippen molar-refractivity contribution in [3.63, 3.8) is 0 Å². The molecule has 3 heterocycles. The summed E-state index contributed by atoms with van der Waals surface area (Å²) in [5.41, 5.74) is 0.385. The highest BCUT2D eigenvalue weighted by Crippen LogP contribution is 2.27. The van der Waals surface area contributed by atoms with Crippen LogP contribution in [-0.2, 0) is 11.3 Å². The summed E-state index contributed by atoms with van der Waals surface area (Å²) in [6.07, 6.45) is 1.69. The predicted octanol–water partition coefficient (Wildman–Crippen LogP) is 2.99. The lowest BCUT2D eigenvalue weighted by Crippen LogP contribution is -2.57. The Morgan fingerprint density at radius 1 is 1.17 bits per heavy atom. The van der Waals surface area contributed by atoms with Crippen molar-refractivity contribution >= 4 is 16.7 Å². The molecule has 0 radical (unpaired) electrons. The van der Waals surface area contributed by atoms with Gasteiger partial charge < -0.3 is 9.32 Å². The molecule has 1 aromatic carbocycles. The number of hydrogen-bond acceptors (Lipinski definition) is 5. The Hall–Kier alpha value is -2.93. The summed E-state index contributed by atoms with van der Waals surface area (Å²) in [6.45, 7) is 9.19. The SMILES string of the molecule is CC(C)[C@H]1CN(Cc2ccco2)CCN1C(=O)[C@@H](C)c1n[nH]c(=O)c2ccccc12. The minimum Gasteiger partial charge on any atom is -0.468 e. The number of fused-ring (bicyclic) bond motifs is 1. The van der Waals surface area contributed by atoms with Crippen LogP contribution in [0.3, 0.4) is 0 Å². The normalized spacial score (nSPS) is 18.8. The molecule has 0 saturated carbocycles. The van der Waals surface area contributed by atoms with Crippen LogP contribution < -0.4 is 5.56 Å². The van der Waals surface area contributed by atoms with Crippen molar-refractivity contribution in [2.75, 3.05) is 19.6 Å². The van der Waals surface area contributed by atoms with Gasteiger partial charge in [0, 0.05) is 31.1 Å². The highest BCUT2D eigenvalue weighted by molar-refractivity contribution is 5.91. The number of piperazine rings is 1. The fourth-order valence-electron chi connectivity index (χ4n) is 4.31. The molecule has 158 valence electrons. The van der Waals surface area contributed by atoms with E-state index < -0.39 is 5.92 Å². The Labute approximate surface area is 175 Å². The van der Waals surface area contributed by atoms with Gasteiger partial charge in [-0.25, -0.2) is 5.10 Å². The Morgan fingerprint density at radius 3 is 2.63 bits per heavy atom. The number of hydrogen-bond donors (Lipinski definition) is 1. The molecule has 1 N–H and O–H groups in total. The molecule has 0 bridgehead atoms. The molecule has 0 unspecified atom stereocenters. The summed E-state index contributed by atoms with van der Waals surface area (Å²) >= 11 is 0. The lowest BCUT2D eigenvalue weighted by molar-refractivity contribution is -0.139. The van der Waals surface area contributed by atoms with Gasteiger partial charge in [0.05, 0.1) is 29.8 Å². The van der Waals surface area contributed by atoms with Gasteiger partial charge in [-0.3, -0.25) is 14.5 Å². The van der Waals surface area contributed by atoms with Crippen LogP contribution in [0.2, 0.25) is 0 Å². The second kappa shape index (κ2) is 8.44. The standard InChI is InChI=1S/C23H28N4O3/c1-15(2)20-14-26(13-17-7-6-12-30-17)10-11-27(20)23(29)16(3)21-18-8-4-5-9-19(18)22(28)25-24-21/h4-9,12,15-16,20H,10-11,13-14H2,1-3H3,(H,25,28)/t16-,20+/m0/s1. The third kappa shape index (κ3) is 3.89. The molecule has 0 spiro atoms. The van der Waals surface area contributed by atoms with Gasteiger partial charge in [-0.15, -0.1) is 0 Å². The fraction of sp³-hybridized carbons (Fsp3) is 0.435. The van der Waals surface area contributed by atoms with E-state index in [0.29, 0.717) is 23.5 Å². The van der Waals surface area contributed by atoms with Crippen LogP contribution in [0.1, 0.15) is 38.1 Å².